The van der Waals surface area contributed by atoms with E-state index >= 15 is 0 Å². The number of hydrogen-bond acceptors (Lipinski definition) is 2. The van der Waals surface area contributed by atoms with Crippen molar-refractivity contribution in [3.05, 3.63) is 34.9 Å². The average molecular weight is 192 g/mol. The summed E-state index contributed by atoms with van der Waals surface area (Å²) in [7, 11) is 1.42. The molecule has 0 aromatic heterocycles. The molecular formula is C12H16O2. The second kappa shape index (κ2) is 4.27. The Kier molecular flexibility index (Phi) is 3.28. The van der Waals surface area contributed by atoms with Crippen molar-refractivity contribution in [2.24, 2.45) is 0 Å². The van der Waals surface area contributed by atoms with Crippen LogP contribution in [-0.4, -0.2) is 13.1 Å². The number of rotatable bonds is 2. The highest BCUT2D eigenvalue weighted by molar-refractivity contribution is 5.77. The van der Waals surface area contributed by atoms with Gasteiger partial charge in [0.25, 0.3) is 0 Å². The molecule has 0 saturated carbocycles. The van der Waals surface area contributed by atoms with Crippen LogP contribution in [0.4, 0.5) is 0 Å². The molecule has 76 valence electrons. The normalized spacial score (nSPS) is 12.3. The summed E-state index contributed by atoms with van der Waals surface area (Å²) in [6, 6.07) is 6.14. The molecule has 0 aliphatic heterocycles. The van der Waals surface area contributed by atoms with Crippen molar-refractivity contribution in [2.45, 2.75) is 26.7 Å². The molecule has 1 unspecified atom stereocenters. The van der Waals surface area contributed by atoms with Crippen LogP contribution in [0.2, 0.25) is 0 Å². The molecule has 2 heteroatoms. The van der Waals surface area contributed by atoms with Gasteiger partial charge >= 0.3 is 5.97 Å². The lowest BCUT2D eigenvalue weighted by Crippen LogP contribution is -2.11. The molecule has 14 heavy (non-hydrogen) atoms. The van der Waals surface area contributed by atoms with Gasteiger partial charge in [-0.2, -0.15) is 0 Å². The summed E-state index contributed by atoms with van der Waals surface area (Å²) in [5, 5.41) is 0. The first-order valence-corrected chi connectivity index (χ1v) is 4.70. The Balaban J connectivity index is 3.00. The standard InChI is InChI=1S/C12H16O2/c1-8-5-9(2)7-11(6-8)10(3)12(13)14-4/h5-7,10H,1-4H3. The molecule has 0 amide bonds. The molecule has 2 nitrogen and oxygen atoms in total. The maximum absolute atomic E-state index is 11.3. The minimum atomic E-state index is -0.185. The lowest BCUT2D eigenvalue weighted by molar-refractivity contribution is -0.141. The summed E-state index contributed by atoms with van der Waals surface area (Å²) in [5.41, 5.74) is 3.38. The van der Waals surface area contributed by atoms with Crippen molar-refractivity contribution in [3.63, 3.8) is 0 Å². The van der Waals surface area contributed by atoms with Gasteiger partial charge in [-0.3, -0.25) is 4.79 Å². The van der Waals surface area contributed by atoms with E-state index in [9.17, 15) is 4.79 Å². The highest BCUT2D eigenvalue weighted by Crippen LogP contribution is 2.19. The summed E-state index contributed by atoms with van der Waals surface area (Å²) in [6.45, 7) is 5.92. The number of methoxy groups -OCH3 is 1. The number of hydrogen-bond donors (Lipinski definition) is 0. The van der Waals surface area contributed by atoms with Gasteiger partial charge in [0.15, 0.2) is 0 Å². The average Bonchev–Trinajstić information content (AvgIpc) is 2.14. The third kappa shape index (κ3) is 2.34. The van der Waals surface area contributed by atoms with E-state index < -0.39 is 0 Å². The zero-order valence-corrected chi connectivity index (χ0v) is 9.13. The molecule has 0 aliphatic rings. The minimum Gasteiger partial charge on any atom is -0.469 e. The van der Waals surface area contributed by atoms with E-state index in [4.69, 9.17) is 4.74 Å². The molecule has 0 spiro atoms. The molecule has 0 N–H and O–H groups in total. The van der Waals surface area contributed by atoms with Crippen LogP contribution in [0.5, 0.6) is 0 Å². The van der Waals surface area contributed by atoms with E-state index in [1.165, 1.54) is 18.2 Å². The van der Waals surface area contributed by atoms with E-state index in [0.717, 1.165) is 5.56 Å². The fraction of sp³-hybridized carbons (Fsp3) is 0.417. The van der Waals surface area contributed by atoms with Crippen LogP contribution >= 0.6 is 0 Å². The monoisotopic (exact) mass is 192 g/mol. The molecule has 1 aromatic carbocycles. The van der Waals surface area contributed by atoms with Crippen LogP contribution < -0.4 is 0 Å². The first-order chi connectivity index (χ1) is 6.54. The second-order valence-electron chi connectivity index (χ2n) is 3.67. The molecule has 0 fully saturated rings. The number of aryl methyl sites for hydroxylation is 2. The van der Waals surface area contributed by atoms with E-state index in [0.29, 0.717) is 0 Å². The minimum absolute atomic E-state index is 0.182. The Bertz CT molecular complexity index is 322. The van der Waals surface area contributed by atoms with Crippen molar-refractivity contribution in [1.82, 2.24) is 0 Å². The Morgan fingerprint density at radius 1 is 1.21 bits per heavy atom. The van der Waals surface area contributed by atoms with Crippen molar-refractivity contribution < 1.29 is 9.53 Å². The number of benzene rings is 1. The van der Waals surface area contributed by atoms with Gasteiger partial charge in [0.1, 0.15) is 0 Å². The maximum Gasteiger partial charge on any atom is 0.312 e. The van der Waals surface area contributed by atoms with Crippen LogP contribution in [0.1, 0.15) is 29.5 Å². The molecule has 1 rings (SSSR count). The molecule has 1 atom stereocenters. The Labute approximate surface area is 84.9 Å². The molecule has 0 bridgehead atoms. The molecule has 0 saturated heterocycles. The van der Waals surface area contributed by atoms with Crippen molar-refractivity contribution in [3.8, 4) is 0 Å². The van der Waals surface area contributed by atoms with E-state index in [-0.39, 0.29) is 11.9 Å². The number of ether oxygens (including phenoxy) is 1. The van der Waals surface area contributed by atoms with Crippen molar-refractivity contribution >= 4 is 5.97 Å². The van der Waals surface area contributed by atoms with Crippen LogP contribution in [0, 0.1) is 13.8 Å². The quantitative estimate of drug-likeness (QED) is 0.673. The van der Waals surface area contributed by atoms with Gasteiger partial charge in [-0.1, -0.05) is 29.3 Å². The van der Waals surface area contributed by atoms with Gasteiger partial charge in [0.05, 0.1) is 13.0 Å². The Morgan fingerprint density at radius 2 is 1.71 bits per heavy atom. The molecule has 0 radical (unpaired) electrons. The second-order valence-corrected chi connectivity index (χ2v) is 3.67. The van der Waals surface area contributed by atoms with Gasteiger partial charge in [0.2, 0.25) is 0 Å². The number of carbonyl (C=O) groups excluding carboxylic acids is 1. The van der Waals surface area contributed by atoms with Gasteiger partial charge in [-0.05, 0) is 26.3 Å². The predicted octanol–water partition coefficient (Wildman–Crippen LogP) is 2.58. The predicted molar refractivity (Wildman–Crippen MR) is 56.3 cm³/mol. The van der Waals surface area contributed by atoms with Gasteiger partial charge < -0.3 is 4.74 Å². The van der Waals surface area contributed by atoms with E-state index in [2.05, 4.69) is 6.07 Å². The van der Waals surface area contributed by atoms with Gasteiger partial charge in [-0.25, -0.2) is 0 Å². The third-order valence-corrected chi connectivity index (χ3v) is 2.30. The zero-order chi connectivity index (χ0) is 10.7. The third-order valence-electron chi connectivity index (χ3n) is 2.30. The molecule has 0 heterocycles. The fourth-order valence-electron chi connectivity index (χ4n) is 1.57. The summed E-state index contributed by atoms with van der Waals surface area (Å²) in [6.07, 6.45) is 0. The largest absolute Gasteiger partial charge is 0.469 e. The van der Waals surface area contributed by atoms with Crippen molar-refractivity contribution in [2.75, 3.05) is 7.11 Å². The van der Waals surface area contributed by atoms with Gasteiger partial charge in [0, 0.05) is 0 Å². The lowest BCUT2D eigenvalue weighted by Gasteiger charge is -2.11. The summed E-state index contributed by atoms with van der Waals surface area (Å²) in [4.78, 5) is 11.3. The first kappa shape index (κ1) is 10.8. The molecule has 1 aromatic rings. The van der Waals surface area contributed by atoms with Crippen LogP contribution in [0.15, 0.2) is 18.2 Å². The lowest BCUT2D eigenvalue weighted by atomic mass is 9.97. The first-order valence-electron chi connectivity index (χ1n) is 4.70. The van der Waals surface area contributed by atoms with Crippen LogP contribution in [-0.2, 0) is 9.53 Å². The zero-order valence-electron chi connectivity index (χ0n) is 9.13. The summed E-state index contributed by atoms with van der Waals surface area (Å²) >= 11 is 0. The Hall–Kier alpha value is -1.31. The maximum atomic E-state index is 11.3. The Morgan fingerprint density at radius 3 is 2.14 bits per heavy atom. The van der Waals surface area contributed by atoms with E-state index in [1.54, 1.807) is 0 Å². The highest BCUT2D eigenvalue weighted by Gasteiger charge is 2.15. The SMILES string of the molecule is COC(=O)C(C)c1cc(C)cc(C)c1. The van der Waals surface area contributed by atoms with Crippen LogP contribution in [0.25, 0.3) is 0 Å². The van der Waals surface area contributed by atoms with E-state index in [1.807, 2.05) is 32.9 Å². The topological polar surface area (TPSA) is 26.3 Å². The molecule has 0 aliphatic carbocycles. The summed E-state index contributed by atoms with van der Waals surface area (Å²) in [5.74, 6) is -0.367. The number of esters is 1. The molecular weight excluding hydrogens is 176 g/mol. The number of carbonyl (C=O) groups is 1. The highest BCUT2D eigenvalue weighted by atomic mass is 16.5. The van der Waals surface area contributed by atoms with Crippen LogP contribution in [0.3, 0.4) is 0 Å². The van der Waals surface area contributed by atoms with Crippen molar-refractivity contribution in [1.29, 1.82) is 0 Å². The fourth-order valence-corrected chi connectivity index (χ4v) is 1.57. The van der Waals surface area contributed by atoms with Gasteiger partial charge in [-0.15, -0.1) is 0 Å². The summed E-state index contributed by atoms with van der Waals surface area (Å²) < 4.78 is 4.71. The smallest absolute Gasteiger partial charge is 0.312 e.